The first-order valence-corrected chi connectivity index (χ1v) is 18.4. The van der Waals surface area contributed by atoms with E-state index in [1.807, 2.05) is 66.0 Å². The van der Waals surface area contributed by atoms with E-state index in [1.54, 1.807) is 0 Å². The van der Waals surface area contributed by atoms with E-state index in [4.69, 9.17) is 28.4 Å². The molecule has 2 aromatic carbocycles. The third kappa shape index (κ3) is 9.14. The van der Waals surface area contributed by atoms with Crippen molar-refractivity contribution in [2.45, 2.75) is 134 Å². The second-order valence-corrected chi connectivity index (χ2v) is 14.9. The van der Waals surface area contributed by atoms with Crippen LogP contribution < -0.4 is 0 Å². The number of carbonyl (C=O) groups is 1. The number of hydrogen-bond acceptors (Lipinski definition) is 10. The van der Waals surface area contributed by atoms with Gasteiger partial charge in [0.1, 0.15) is 31.0 Å². The monoisotopic (exact) mass is 733 g/mol. The summed E-state index contributed by atoms with van der Waals surface area (Å²) in [6, 6.07) is 12.7. The minimum Gasteiger partial charge on any atom is -0.462 e. The van der Waals surface area contributed by atoms with Crippen LogP contribution in [0.1, 0.15) is 79.7 Å². The molecule has 3 aromatic rings. The first kappa shape index (κ1) is 36.2. The number of ether oxygens (including phenoxy) is 6. The summed E-state index contributed by atoms with van der Waals surface area (Å²) in [4.78, 5) is 13.2. The highest BCUT2D eigenvalue weighted by molar-refractivity contribution is 9.10. The van der Waals surface area contributed by atoms with Gasteiger partial charge in [0.25, 0.3) is 0 Å². The fraction of sp³-hybridized carbons (Fsp3) is 0.629. The lowest BCUT2D eigenvalue weighted by atomic mass is 9.97. The molecule has 1 aliphatic carbocycles. The van der Waals surface area contributed by atoms with Crippen molar-refractivity contribution in [2.24, 2.45) is 0 Å². The summed E-state index contributed by atoms with van der Waals surface area (Å²) in [6.07, 6.45) is -0.976. The molecule has 1 saturated carbocycles. The minimum absolute atomic E-state index is 0.0303. The molecule has 0 radical (unpaired) electrons. The summed E-state index contributed by atoms with van der Waals surface area (Å²) in [5.74, 6) is 0.237. The first-order valence-electron chi connectivity index (χ1n) is 16.6. The molecule has 1 saturated heterocycles. The van der Waals surface area contributed by atoms with E-state index in [0.717, 1.165) is 11.1 Å². The number of fused-ring (bicyclic) bond motifs is 1. The number of aromatic nitrogens is 3. The van der Waals surface area contributed by atoms with E-state index >= 15 is 0 Å². The van der Waals surface area contributed by atoms with E-state index in [9.17, 15) is 4.79 Å². The zero-order chi connectivity index (χ0) is 33.8. The molecule has 2 heterocycles. The molecule has 0 amide bonds. The fourth-order valence-electron chi connectivity index (χ4n) is 5.94. The van der Waals surface area contributed by atoms with E-state index in [2.05, 4.69) is 56.5 Å². The Hall–Kier alpha value is -2.06. The van der Waals surface area contributed by atoms with Crippen molar-refractivity contribution in [3.05, 3.63) is 46.7 Å². The predicted molar refractivity (Wildman–Crippen MR) is 185 cm³/mol. The maximum atomic E-state index is 13.2. The van der Waals surface area contributed by atoms with Gasteiger partial charge in [0, 0.05) is 5.39 Å². The number of esters is 1. The zero-order valence-corrected chi connectivity index (χ0v) is 31.0. The quantitative estimate of drug-likeness (QED) is 0.117. The molecule has 12 heteroatoms. The Morgan fingerprint density at radius 3 is 2.11 bits per heavy atom. The fourth-order valence-corrected chi connectivity index (χ4v) is 7.24. The van der Waals surface area contributed by atoms with Crippen molar-refractivity contribution in [1.82, 2.24) is 14.8 Å². The molecule has 0 N–H and O–H groups in total. The molecule has 2 aliphatic rings. The summed E-state index contributed by atoms with van der Waals surface area (Å²) in [7, 11) is 0. The maximum absolute atomic E-state index is 13.2. The Balaban J connectivity index is 1.31. The van der Waals surface area contributed by atoms with E-state index < -0.39 is 36.7 Å². The van der Waals surface area contributed by atoms with Crippen LogP contribution in [0.3, 0.4) is 0 Å². The van der Waals surface area contributed by atoms with Crippen molar-refractivity contribution in [2.75, 3.05) is 12.4 Å². The largest absolute Gasteiger partial charge is 0.462 e. The summed E-state index contributed by atoms with van der Waals surface area (Å²) in [5, 5.41) is 11.6. The number of rotatable bonds is 15. The van der Waals surface area contributed by atoms with Gasteiger partial charge in [-0.2, -0.15) is 0 Å². The maximum Gasteiger partial charge on any atom is 0.316 e. The van der Waals surface area contributed by atoms with Gasteiger partial charge in [0.2, 0.25) is 4.73 Å². The lowest BCUT2D eigenvalue weighted by Gasteiger charge is -2.47. The average molecular weight is 735 g/mol. The number of nitrogens with zero attached hydrogens (tertiary/aromatic N) is 3. The van der Waals surface area contributed by atoms with Crippen LogP contribution in [0.25, 0.3) is 16.5 Å². The Morgan fingerprint density at radius 2 is 1.47 bits per heavy atom. The highest BCUT2D eigenvalue weighted by Crippen LogP contribution is 2.44. The molecular formula is C35H48BrN3O7S. The number of carbonyl (C=O) groups excluding carboxylic acids is 1. The summed E-state index contributed by atoms with van der Waals surface area (Å²) < 4.78 is 40.0. The van der Waals surface area contributed by atoms with Crippen LogP contribution >= 0.6 is 27.7 Å². The van der Waals surface area contributed by atoms with Crippen LogP contribution in [0.2, 0.25) is 0 Å². The number of thioether (sulfide) groups is 1. The molecule has 5 atom stereocenters. The highest BCUT2D eigenvalue weighted by atomic mass is 79.9. The lowest BCUT2D eigenvalue weighted by molar-refractivity contribution is -0.338. The van der Waals surface area contributed by atoms with Gasteiger partial charge in [-0.25, -0.2) is 0 Å². The van der Waals surface area contributed by atoms with E-state index in [0.29, 0.717) is 15.8 Å². The van der Waals surface area contributed by atoms with Crippen LogP contribution in [0.15, 0.2) is 46.3 Å². The van der Waals surface area contributed by atoms with Crippen LogP contribution in [0.5, 0.6) is 0 Å². The van der Waals surface area contributed by atoms with Crippen molar-refractivity contribution < 1.29 is 33.2 Å². The van der Waals surface area contributed by atoms with Crippen molar-refractivity contribution in [3.8, 4) is 5.69 Å². The van der Waals surface area contributed by atoms with Crippen molar-refractivity contribution >= 4 is 44.4 Å². The molecule has 10 nitrogen and oxygen atoms in total. The molecule has 1 aromatic heterocycles. The molecule has 2 unspecified atom stereocenters. The summed E-state index contributed by atoms with van der Waals surface area (Å²) in [5.41, 5.74) is 2.33. The van der Waals surface area contributed by atoms with Crippen molar-refractivity contribution in [3.63, 3.8) is 0 Å². The van der Waals surface area contributed by atoms with Crippen LogP contribution in [0.4, 0.5) is 0 Å². The predicted octanol–water partition coefficient (Wildman–Crippen LogP) is 7.23. The second kappa shape index (κ2) is 16.1. The van der Waals surface area contributed by atoms with E-state index in [1.165, 1.54) is 35.6 Å². The van der Waals surface area contributed by atoms with Gasteiger partial charge in [-0.05, 0) is 107 Å². The molecule has 258 valence electrons. The molecule has 1 aliphatic heterocycles. The smallest absolute Gasteiger partial charge is 0.316 e. The van der Waals surface area contributed by atoms with Gasteiger partial charge < -0.3 is 28.4 Å². The van der Waals surface area contributed by atoms with Crippen LogP contribution in [0, 0.1) is 0 Å². The average Bonchev–Trinajstić information content (AvgIpc) is 3.78. The van der Waals surface area contributed by atoms with Gasteiger partial charge in [-0.3, -0.25) is 9.36 Å². The normalized spacial score (nSPS) is 23.5. The molecule has 5 rings (SSSR count). The minimum atomic E-state index is -0.733. The lowest BCUT2D eigenvalue weighted by Crippen LogP contribution is -2.63. The van der Waals surface area contributed by atoms with Crippen LogP contribution in [-0.2, 0) is 33.2 Å². The van der Waals surface area contributed by atoms with Gasteiger partial charge >= 0.3 is 5.97 Å². The first-order chi connectivity index (χ1) is 22.4. The molecule has 47 heavy (non-hydrogen) atoms. The number of halogens is 1. The second-order valence-electron chi connectivity index (χ2n) is 13.2. The number of benzene rings is 2. The molecule has 2 fully saturated rings. The summed E-state index contributed by atoms with van der Waals surface area (Å²) >= 11 is 4.84. The zero-order valence-electron chi connectivity index (χ0n) is 28.6. The van der Waals surface area contributed by atoms with Crippen molar-refractivity contribution in [1.29, 1.82) is 0 Å². The molecule has 0 bridgehead atoms. The topological polar surface area (TPSA) is 103 Å². The van der Waals surface area contributed by atoms with Crippen LogP contribution in [-0.4, -0.2) is 88.2 Å². The SMILES string of the molecule is CC(C)OC1[C@H](OC(C)C)OC(COC(=O)CSc2nnc(Br)n2-c2ccc(C3CC3)c3ccccc23)[C@@H](OC(C)C)[C@@H]1OC(C)C. The van der Waals surface area contributed by atoms with Gasteiger partial charge in [-0.15, -0.1) is 10.2 Å². The third-order valence-corrected chi connectivity index (χ3v) is 9.22. The standard InChI is InChI=1S/C35H48BrN3O7S/c1-19(2)42-30-28(46-33(45-22(7)8)32(44-21(5)6)31(30)43-20(3)4)17-41-29(40)18-47-35-38-37-34(36)39(35)27-16-15-24(23-13-14-23)25-11-9-10-12-26(25)27/h9-12,15-16,19-23,28,30-33H,13-14,17-18H2,1-8H3/t28?,30-,31+,32?,33-/m1/s1. The van der Waals surface area contributed by atoms with Gasteiger partial charge in [0.15, 0.2) is 11.4 Å². The van der Waals surface area contributed by atoms with Gasteiger partial charge in [0.05, 0.1) is 35.9 Å². The Bertz CT molecular complexity index is 1500. The Labute approximate surface area is 290 Å². The molecule has 0 spiro atoms. The van der Waals surface area contributed by atoms with Gasteiger partial charge in [-0.1, -0.05) is 42.1 Å². The Morgan fingerprint density at radius 1 is 0.851 bits per heavy atom. The molecular weight excluding hydrogens is 686 g/mol. The highest BCUT2D eigenvalue weighted by Gasteiger charge is 2.50. The Kier molecular flexibility index (Phi) is 12.4. The number of hydrogen-bond donors (Lipinski definition) is 0. The third-order valence-electron chi connectivity index (χ3n) is 7.80. The summed E-state index contributed by atoms with van der Waals surface area (Å²) in [6.45, 7) is 15.6. The van der Waals surface area contributed by atoms with E-state index in [-0.39, 0.29) is 36.8 Å².